The molecule has 0 spiro atoms. The van der Waals surface area contributed by atoms with Crippen molar-refractivity contribution in [1.82, 2.24) is 9.88 Å². The molecular formula is C13H16N2O3. The molecule has 0 saturated carbocycles. The van der Waals surface area contributed by atoms with Gasteiger partial charge in [0.1, 0.15) is 11.3 Å². The molecule has 0 aliphatic heterocycles. The highest BCUT2D eigenvalue weighted by Crippen LogP contribution is 2.08. The van der Waals surface area contributed by atoms with Crippen molar-refractivity contribution in [1.29, 1.82) is 0 Å². The van der Waals surface area contributed by atoms with Crippen molar-refractivity contribution in [2.45, 2.75) is 6.92 Å². The number of hydrogen-bond donors (Lipinski definition) is 0. The number of aromatic nitrogens is 1. The molecule has 1 heterocycles. The zero-order valence-electron chi connectivity index (χ0n) is 10.7. The van der Waals surface area contributed by atoms with Gasteiger partial charge >= 0.3 is 5.97 Å². The van der Waals surface area contributed by atoms with Gasteiger partial charge in [0, 0.05) is 26.5 Å². The molecule has 5 nitrogen and oxygen atoms in total. The topological polar surface area (TPSA) is 59.5 Å². The summed E-state index contributed by atoms with van der Waals surface area (Å²) in [5, 5.41) is 0. The summed E-state index contributed by atoms with van der Waals surface area (Å²) in [5.74, 6) is -1.08. The van der Waals surface area contributed by atoms with Crippen molar-refractivity contribution in [3.8, 4) is 0 Å². The van der Waals surface area contributed by atoms with Gasteiger partial charge in [-0.15, -0.1) is 0 Å². The first-order valence-electron chi connectivity index (χ1n) is 5.57. The molecule has 0 N–H and O–H groups in total. The summed E-state index contributed by atoms with van der Waals surface area (Å²) in [4.78, 5) is 29.4. The lowest BCUT2D eigenvalue weighted by Crippen LogP contribution is -2.20. The van der Waals surface area contributed by atoms with Gasteiger partial charge in [-0.25, -0.2) is 4.79 Å². The minimum atomic E-state index is -0.637. The molecule has 96 valence electrons. The molecule has 0 aliphatic carbocycles. The minimum Gasteiger partial charge on any atom is -0.462 e. The van der Waals surface area contributed by atoms with Gasteiger partial charge in [0.25, 0.3) is 0 Å². The zero-order chi connectivity index (χ0) is 13.5. The van der Waals surface area contributed by atoms with Crippen LogP contribution in [0.3, 0.4) is 0 Å². The summed E-state index contributed by atoms with van der Waals surface area (Å²) in [7, 11) is 3.45. The summed E-state index contributed by atoms with van der Waals surface area (Å²) in [6.45, 7) is 1.91. The van der Waals surface area contributed by atoms with E-state index in [1.54, 1.807) is 44.1 Å². The van der Waals surface area contributed by atoms with E-state index in [0.717, 1.165) is 0 Å². The van der Waals surface area contributed by atoms with Gasteiger partial charge in [-0.1, -0.05) is 6.07 Å². The van der Waals surface area contributed by atoms with Gasteiger partial charge in [-0.3, -0.25) is 9.78 Å². The molecule has 0 atom stereocenters. The number of carbonyl (C=O) groups excluding carboxylic acids is 2. The molecule has 0 fully saturated rings. The quantitative estimate of drug-likeness (QED) is 0.258. The summed E-state index contributed by atoms with van der Waals surface area (Å²) in [6, 6.07) is 4.96. The van der Waals surface area contributed by atoms with Crippen LogP contribution < -0.4 is 0 Å². The number of hydrogen-bond acceptors (Lipinski definition) is 5. The number of ether oxygens (including phenoxy) is 1. The third kappa shape index (κ3) is 3.69. The summed E-state index contributed by atoms with van der Waals surface area (Å²) < 4.78 is 4.87. The maximum Gasteiger partial charge on any atom is 0.343 e. The highest BCUT2D eigenvalue weighted by Gasteiger charge is 2.22. The Balaban J connectivity index is 3.05. The Labute approximate surface area is 106 Å². The maximum absolute atomic E-state index is 12.1. The highest BCUT2D eigenvalue weighted by atomic mass is 16.5. The molecule has 0 aliphatic rings. The van der Waals surface area contributed by atoms with E-state index in [2.05, 4.69) is 4.98 Å². The first-order valence-corrected chi connectivity index (χ1v) is 5.57. The van der Waals surface area contributed by atoms with E-state index in [4.69, 9.17) is 4.74 Å². The number of carbonyl (C=O) groups is 2. The molecule has 18 heavy (non-hydrogen) atoms. The van der Waals surface area contributed by atoms with E-state index >= 15 is 0 Å². The highest BCUT2D eigenvalue weighted by molar-refractivity contribution is 6.23. The SMILES string of the molecule is CCOC(=O)/C(=C/N(C)C)C(=O)c1ccccn1. The van der Waals surface area contributed by atoms with Gasteiger partial charge < -0.3 is 9.64 Å². The van der Waals surface area contributed by atoms with Crippen molar-refractivity contribution in [3.05, 3.63) is 41.9 Å². The lowest BCUT2D eigenvalue weighted by Gasteiger charge is -2.10. The molecular weight excluding hydrogens is 232 g/mol. The van der Waals surface area contributed by atoms with E-state index in [1.165, 1.54) is 12.4 Å². The Bertz CT molecular complexity index is 453. The Morgan fingerprint density at radius 2 is 2.11 bits per heavy atom. The number of Topliss-reactive ketones (excluding diaryl/α,β-unsaturated/α-hetero) is 1. The first-order chi connectivity index (χ1) is 8.56. The van der Waals surface area contributed by atoms with Gasteiger partial charge in [0.05, 0.1) is 6.61 Å². The van der Waals surface area contributed by atoms with Gasteiger partial charge in [-0.2, -0.15) is 0 Å². The standard InChI is InChI=1S/C13H16N2O3/c1-4-18-13(17)10(9-15(2)3)12(16)11-7-5-6-8-14-11/h5-9H,4H2,1-3H3/b10-9+. The van der Waals surface area contributed by atoms with E-state index in [9.17, 15) is 9.59 Å². The van der Waals surface area contributed by atoms with Crippen LogP contribution in [0.5, 0.6) is 0 Å². The minimum absolute atomic E-state index is 0.0273. The van der Waals surface area contributed by atoms with E-state index < -0.39 is 11.8 Å². The Morgan fingerprint density at radius 3 is 2.61 bits per heavy atom. The van der Waals surface area contributed by atoms with Crippen LogP contribution in [0.25, 0.3) is 0 Å². The normalized spacial score (nSPS) is 10.9. The number of pyridine rings is 1. The number of nitrogens with zero attached hydrogens (tertiary/aromatic N) is 2. The third-order valence-corrected chi connectivity index (χ3v) is 2.02. The predicted molar refractivity (Wildman–Crippen MR) is 67.0 cm³/mol. The maximum atomic E-state index is 12.1. The molecule has 1 aromatic rings. The fourth-order valence-electron chi connectivity index (χ4n) is 1.31. The molecule has 0 unspecified atom stereocenters. The van der Waals surface area contributed by atoms with Crippen LogP contribution in [-0.2, 0) is 9.53 Å². The summed E-state index contributed by atoms with van der Waals surface area (Å²) in [5.41, 5.74) is 0.194. The average molecular weight is 248 g/mol. The lowest BCUT2D eigenvalue weighted by molar-refractivity contribution is -0.138. The van der Waals surface area contributed by atoms with E-state index in [-0.39, 0.29) is 17.9 Å². The van der Waals surface area contributed by atoms with Crippen molar-refractivity contribution < 1.29 is 14.3 Å². The van der Waals surface area contributed by atoms with Crippen LogP contribution in [0.4, 0.5) is 0 Å². The van der Waals surface area contributed by atoms with Gasteiger partial charge in [-0.05, 0) is 19.1 Å². The smallest absolute Gasteiger partial charge is 0.343 e. The van der Waals surface area contributed by atoms with E-state index in [0.29, 0.717) is 0 Å². The number of rotatable bonds is 5. The second-order valence-corrected chi connectivity index (χ2v) is 3.77. The molecule has 1 aromatic heterocycles. The van der Waals surface area contributed by atoms with Crippen LogP contribution in [0, 0.1) is 0 Å². The number of ketones is 1. The molecule has 0 saturated heterocycles. The fourth-order valence-corrected chi connectivity index (χ4v) is 1.31. The van der Waals surface area contributed by atoms with Crippen molar-refractivity contribution >= 4 is 11.8 Å². The van der Waals surface area contributed by atoms with Crippen LogP contribution in [0.1, 0.15) is 17.4 Å². The van der Waals surface area contributed by atoms with Crippen LogP contribution in [0.2, 0.25) is 0 Å². The van der Waals surface area contributed by atoms with Crippen LogP contribution >= 0.6 is 0 Å². The van der Waals surface area contributed by atoms with Crippen molar-refractivity contribution in [2.75, 3.05) is 20.7 Å². The largest absolute Gasteiger partial charge is 0.462 e. The Kier molecular flexibility index (Phi) is 5.05. The Hall–Kier alpha value is -2.17. The van der Waals surface area contributed by atoms with Crippen LogP contribution in [0.15, 0.2) is 36.2 Å². The Morgan fingerprint density at radius 1 is 1.39 bits per heavy atom. The van der Waals surface area contributed by atoms with Crippen molar-refractivity contribution in [2.24, 2.45) is 0 Å². The average Bonchev–Trinajstić information content (AvgIpc) is 2.36. The second kappa shape index (κ2) is 6.54. The van der Waals surface area contributed by atoms with Gasteiger partial charge in [0.2, 0.25) is 5.78 Å². The monoisotopic (exact) mass is 248 g/mol. The fraction of sp³-hybridized carbons (Fsp3) is 0.308. The van der Waals surface area contributed by atoms with Crippen molar-refractivity contribution in [3.63, 3.8) is 0 Å². The van der Waals surface area contributed by atoms with Crippen LogP contribution in [-0.4, -0.2) is 42.3 Å². The predicted octanol–water partition coefficient (Wildman–Crippen LogP) is 1.27. The van der Waals surface area contributed by atoms with Gasteiger partial charge in [0.15, 0.2) is 0 Å². The lowest BCUT2D eigenvalue weighted by atomic mass is 10.1. The molecule has 0 amide bonds. The zero-order valence-corrected chi connectivity index (χ0v) is 10.7. The molecule has 0 bridgehead atoms. The third-order valence-electron chi connectivity index (χ3n) is 2.02. The second-order valence-electron chi connectivity index (χ2n) is 3.77. The first kappa shape index (κ1) is 13.9. The molecule has 5 heteroatoms. The summed E-state index contributed by atoms with van der Waals surface area (Å²) >= 11 is 0. The molecule has 0 radical (unpaired) electrons. The number of esters is 1. The molecule has 0 aromatic carbocycles. The van der Waals surface area contributed by atoms with E-state index in [1.807, 2.05) is 0 Å². The molecule has 1 rings (SSSR count). The summed E-state index contributed by atoms with van der Waals surface area (Å²) in [6.07, 6.45) is 2.95.